The number of halogens is 1. The number of aliphatic hydroxyl groups is 1. The highest BCUT2D eigenvalue weighted by Crippen LogP contribution is 2.18. The molecular formula is C17H18BrN3O3. The van der Waals surface area contributed by atoms with E-state index in [0.717, 1.165) is 15.9 Å². The molecule has 0 unspecified atom stereocenters. The Labute approximate surface area is 147 Å². The summed E-state index contributed by atoms with van der Waals surface area (Å²) in [6.45, 7) is 4.14. The summed E-state index contributed by atoms with van der Waals surface area (Å²) >= 11 is 3.38. The number of fused-ring (bicyclic) bond motifs is 1. The van der Waals surface area contributed by atoms with Gasteiger partial charge in [-0.2, -0.15) is 9.61 Å². The summed E-state index contributed by atoms with van der Waals surface area (Å²) in [4.78, 5) is 12.0. The van der Waals surface area contributed by atoms with Crippen LogP contribution in [0, 0.1) is 13.8 Å². The Kier molecular flexibility index (Phi) is 4.73. The average molecular weight is 392 g/mol. The zero-order valence-electron chi connectivity index (χ0n) is 13.4. The maximum atomic E-state index is 12.0. The number of aromatic nitrogens is 3. The summed E-state index contributed by atoms with van der Waals surface area (Å²) in [7, 11) is 0. The lowest BCUT2D eigenvalue weighted by Crippen LogP contribution is -2.27. The average Bonchev–Trinajstić information content (AvgIpc) is 2.92. The van der Waals surface area contributed by atoms with Crippen LogP contribution in [0.15, 0.2) is 45.7 Å². The molecule has 0 saturated heterocycles. The van der Waals surface area contributed by atoms with Crippen LogP contribution in [-0.4, -0.2) is 32.0 Å². The van der Waals surface area contributed by atoms with Crippen LogP contribution < -0.4 is 10.3 Å². The fourth-order valence-electron chi connectivity index (χ4n) is 2.59. The van der Waals surface area contributed by atoms with Crippen molar-refractivity contribution in [1.29, 1.82) is 0 Å². The standard InChI is InChI=1S/C17H18BrN3O3/c1-11-6-16-20(12(2)7-17(23)21(16)19-11)9-14(22)10-24-15-5-3-4-13(18)8-15/h3-8,14,22H,9-10H2,1-2H3/t14-/m1/s1. The van der Waals surface area contributed by atoms with E-state index >= 15 is 0 Å². The van der Waals surface area contributed by atoms with Gasteiger partial charge in [0.2, 0.25) is 0 Å². The lowest BCUT2D eigenvalue weighted by atomic mass is 10.3. The molecule has 6 nitrogen and oxygen atoms in total. The molecular weight excluding hydrogens is 374 g/mol. The highest BCUT2D eigenvalue weighted by Gasteiger charge is 2.13. The van der Waals surface area contributed by atoms with Crippen LogP contribution in [0.3, 0.4) is 0 Å². The van der Waals surface area contributed by atoms with Crippen molar-refractivity contribution in [3.05, 3.63) is 62.6 Å². The molecule has 0 aliphatic rings. The van der Waals surface area contributed by atoms with Crippen LogP contribution in [0.1, 0.15) is 11.4 Å². The molecule has 1 aromatic carbocycles. The smallest absolute Gasteiger partial charge is 0.274 e. The number of hydrogen-bond acceptors (Lipinski definition) is 4. The summed E-state index contributed by atoms with van der Waals surface area (Å²) in [5.41, 5.74) is 2.02. The van der Waals surface area contributed by atoms with Gasteiger partial charge in [-0.1, -0.05) is 22.0 Å². The molecule has 0 spiro atoms. The van der Waals surface area contributed by atoms with E-state index < -0.39 is 6.10 Å². The van der Waals surface area contributed by atoms with Crippen molar-refractivity contribution in [2.45, 2.75) is 26.5 Å². The molecule has 1 N–H and O–H groups in total. The molecule has 0 radical (unpaired) electrons. The SMILES string of the molecule is Cc1cc2n(C[C@@H](O)COc3cccc(Br)c3)c(C)cc(=O)n2n1. The van der Waals surface area contributed by atoms with Crippen molar-refractivity contribution in [1.82, 2.24) is 14.2 Å². The van der Waals surface area contributed by atoms with Crippen LogP contribution in [-0.2, 0) is 6.54 Å². The van der Waals surface area contributed by atoms with Gasteiger partial charge < -0.3 is 14.4 Å². The zero-order chi connectivity index (χ0) is 17.3. The molecule has 7 heteroatoms. The normalized spacial score (nSPS) is 12.5. The van der Waals surface area contributed by atoms with E-state index in [1.807, 2.05) is 48.7 Å². The topological polar surface area (TPSA) is 68.8 Å². The molecule has 2 heterocycles. The summed E-state index contributed by atoms with van der Waals surface area (Å²) in [6, 6.07) is 10.8. The number of rotatable bonds is 5. The van der Waals surface area contributed by atoms with Crippen LogP contribution in [0.2, 0.25) is 0 Å². The molecule has 1 atom stereocenters. The van der Waals surface area contributed by atoms with Crippen LogP contribution in [0.25, 0.3) is 5.65 Å². The van der Waals surface area contributed by atoms with Gasteiger partial charge in [0.1, 0.15) is 24.1 Å². The van der Waals surface area contributed by atoms with E-state index in [2.05, 4.69) is 21.0 Å². The maximum Gasteiger partial charge on any atom is 0.274 e. The van der Waals surface area contributed by atoms with Gasteiger partial charge in [0.05, 0.1) is 12.2 Å². The summed E-state index contributed by atoms with van der Waals surface area (Å²) in [5, 5.41) is 14.5. The number of nitrogens with zero attached hydrogens (tertiary/aromatic N) is 3. The van der Waals surface area contributed by atoms with Gasteiger partial charge in [0.15, 0.2) is 0 Å². The monoisotopic (exact) mass is 391 g/mol. The van der Waals surface area contributed by atoms with Crippen molar-refractivity contribution in [2.75, 3.05) is 6.61 Å². The number of ether oxygens (including phenoxy) is 1. The molecule has 0 amide bonds. The molecule has 24 heavy (non-hydrogen) atoms. The molecule has 3 rings (SSSR count). The highest BCUT2D eigenvalue weighted by molar-refractivity contribution is 9.10. The van der Waals surface area contributed by atoms with Gasteiger partial charge in [-0.05, 0) is 32.0 Å². The van der Waals surface area contributed by atoms with Crippen molar-refractivity contribution < 1.29 is 9.84 Å². The van der Waals surface area contributed by atoms with Crippen LogP contribution >= 0.6 is 15.9 Å². The lowest BCUT2D eigenvalue weighted by Gasteiger charge is -2.17. The Bertz CT molecular complexity index is 932. The van der Waals surface area contributed by atoms with Crippen molar-refractivity contribution in [3.8, 4) is 5.75 Å². The first-order valence-electron chi connectivity index (χ1n) is 7.57. The molecule has 0 fully saturated rings. The van der Waals surface area contributed by atoms with Crippen LogP contribution in [0.4, 0.5) is 0 Å². The Morgan fingerprint density at radius 2 is 2.08 bits per heavy atom. The number of benzene rings is 1. The highest BCUT2D eigenvalue weighted by atomic mass is 79.9. The minimum Gasteiger partial charge on any atom is -0.491 e. The molecule has 126 valence electrons. The summed E-state index contributed by atoms with van der Waals surface area (Å²) in [6.07, 6.45) is -0.718. The summed E-state index contributed by atoms with van der Waals surface area (Å²) in [5.74, 6) is 0.686. The first-order valence-corrected chi connectivity index (χ1v) is 8.36. The molecule has 0 aliphatic heterocycles. The fraction of sp³-hybridized carbons (Fsp3) is 0.294. The molecule has 0 bridgehead atoms. The third-order valence-corrected chi connectivity index (χ3v) is 4.18. The van der Waals surface area contributed by atoms with Gasteiger partial charge in [-0.15, -0.1) is 0 Å². The predicted octanol–water partition coefficient (Wildman–Crippen LogP) is 2.32. The van der Waals surface area contributed by atoms with Crippen molar-refractivity contribution >= 4 is 21.6 Å². The quantitative estimate of drug-likeness (QED) is 0.724. The zero-order valence-corrected chi connectivity index (χ0v) is 15.0. The minimum absolute atomic E-state index is 0.154. The summed E-state index contributed by atoms with van der Waals surface area (Å²) < 4.78 is 9.77. The molecule has 3 aromatic rings. The second kappa shape index (κ2) is 6.78. The van der Waals surface area contributed by atoms with Crippen LogP contribution in [0.5, 0.6) is 5.75 Å². The molecule has 0 saturated carbocycles. The molecule has 0 aliphatic carbocycles. The van der Waals surface area contributed by atoms with E-state index in [9.17, 15) is 9.90 Å². The molecule has 2 aromatic heterocycles. The van der Waals surface area contributed by atoms with Gasteiger partial charge >= 0.3 is 0 Å². The largest absolute Gasteiger partial charge is 0.491 e. The van der Waals surface area contributed by atoms with E-state index in [1.165, 1.54) is 10.6 Å². The first-order chi connectivity index (χ1) is 11.4. The Hall–Kier alpha value is -2.12. The van der Waals surface area contributed by atoms with E-state index in [4.69, 9.17) is 4.74 Å². The maximum absolute atomic E-state index is 12.0. The Balaban J connectivity index is 1.78. The fourth-order valence-corrected chi connectivity index (χ4v) is 2.97. The Morgan fingerprint density at radius 3 is 2.83 bits per heavy atom. The van der Waals surface area contributed by atoms with E-state index in [1.54, 1.807) is 0 Å². The second-order valence-electron chi connectivity index (χ2n) is 5.71. The minimum atomic E-state index is -0.718. The lowest BCUT2D eigenvalue weighted by molar-refractivity contribution is 0.0926. The van der Waals surface area contributed by atoms with Gasteiger partial charge in [-0.25, -0.2) is 0 Å². The second-order valence-corrected chi connectivity index (χ2v) is 6.63. The van der Waals surface area contributed by atoms with Crippen molar-refractivity contribution in [3.63, 3.8) is 0 Å². The third kappa shape index (κ3) is 3.52. The number of aliphatic hydroxyl groups excluding tert-OH is 1. The number of hydrogen-bond donors (Lipinski definition) is 1. The van der Waals surface area contributed by atoms with Gasteiger partial charge in [-0.3, -0.25) is 4.79 Å². The number of aryl methyl sites for hydroxylation is 2. The van der Waals surface area contributed by atoms with Crippen molar-refractivity contribution in [2.24, 2.45) is 0 Å². The van der Waals surface area contributed by atoms with Gasteiger partial charge in [0, 0.05) is 22.3 Å². The van der Waals surface area contributed by atoms with E-state index in [-0.39, 0.29) is 12.2 Å². The Morgan fingerprint density at radius 1 is 1.29 bits per heavy atom. The van der Waals surface area contributed by atoms with Gasteiger partial charge in [0.25, 0.3) is 5.56 Å². The first kappa shape index (κ1) is 16.7. The third-order valence-electron chi connectivity index (χ3n) is 3.69. The van der Waals surface area contributed by atoms with E-state index in [0.29, 0.717) is 17.9 Å². The predicted molar refractivity (Wildman–Crippen MR) is 94.6 cm³/mol.